The number of nitrogens with one attached hydrogen (secondary N) is 1. The standard InChI is InChI=1S/C16H25BrN4O2S/c1-24(22,23)19-15-11-13(17)12-18-16(15)21-9-5-14(6-10-21)20-7-3-2-4-8-20/h11-12,14,19H,2-10H2,1H3. The van der Waals surface area contributed by atoms with Crippen molar-refractivity contribution in [2.75, 3.05) is 42.1 Å². The highest BCUT2D eigenvalue weighted by Gasteiger charge is 2.27. The number of rotatable bonds is 4. The summed E-state index contributed by atoms with van der Waals surface area (Å²) in [6, 6.07) is 2.43. The molecule has 0 unspecified atom stereocenters. The molecule has 0 spiro atoms. The molecule has 0 bridgehead atoms. The van der Waals surface area contributed by atoms with Crippen LogP contribution in [0.1, 0.15) is 32.1 Å². The number of hydrogen-bond acceptors (Lipinski definition) is 5. The third kappa shape index (κ3) is 4.61. The van der Waals surface area contributed by atoms with Gasteiger partial charge in [-0.3, -0.25) is 4.72 Å². The van der Waals surface area contributed by atoms with E-state index in [9.17, 15) is 8.42 Å². The SMILES string of the molecule is CS(=O)(=O)Nc1cc(Br)cnc1N1CCC(N2CCCCC2)CC1. The molecule has 0 saturated carbocycles. The fraction of sp³-hybridized carbons (Fsp3) is 0.688. The van der Waals surface area contributed by atoms with Gasteiger partial charge in [-0.2, -0.15) is 0 Å². The molecule has 2 aliphatic heterocycles. The number of likely N-dealkylation sites (tertiary alicyclic amines) is 1. The largest absolute Gasteiger partial charge is 0.355 e. The molecule has 2 aliphatic rings. The van der Waals surface area contributed by atoms with Crippen molar-refractivity contribution in [3.63, 3.8) is 0 Å². The maximum absolute atomic E-state index is 11.6. The van der Waals surface area contributed by atoms with E-state index < -0.39 is 10.0 Å². The van der Waals surface area contributed by atoms with Gasteiger partial charge in [0.2, 0.25) is 10.0 Å². The smallest absolute Gasteiger partial charge is 0.229 e. The lowest BCUT2D eigenvalue weighted by Crippen LogP contribution is -2.47. The van der Waals surface area contributed by atoms with E-state index in [2.05, 4.69) is 35.4 Å². The first kappa shape index (κ1) is 17.9. The Kier molecular flexibility index (Phi) is 5.66. The molecule has 6 nitrogen and oxygen atoms in total. The Morgan fingerprint density at radius 2 is 1.83 bits per heavy atom. The second-order valence-corrected chi connectivity index (χ2v) is 9.38. The molecule has 8 heteroatoms. The molecule has 134 valence electrons. The van der Waals surface area contributed by atoms with Crippen molar-refractivity contribution in [1.29, 1.82) is 0 Å². The summed E-state index contributed by atoms with van der Waals surface area (Å²) in [4.78, 5) is 9.29. The third-order valence-electron chi connectivity index (χ3n) is 4.80. The van der Waals surface area contributed by atoms with E-state index in [0.29, 0.717) is 11.7 Å². The first-order valence-electron chi connectivity index (χ1n) is 8.55. The normalized spacial score (nSPS) is 21.0. The monoisotopic (exact) mass is 416 g/mol. The van der Waals surface area contributed by atoms with Gasteiger partial charge in [-0.1, -0.05) is 6.42 Å². The molecule has 2 fully saturated rings. The second kappa shape index (κ2) is 7.58. The molecule has 3 heterocycles. The van der Waals surface area contributed by atoms with Crippen LogP contribution in [0, 0.1) is 0 Å². The van der Waals surface area contributed by atoms with E-state index >= 15 is 0 Å². The Bertz CT molecular complexity index is 669. The molecule has 3 rings (SSSR count). The van der Waals surface area contributed by atoms with Crippen LogP contribution in [0.3, 0.4) is 0 Å². The topological polar surface area (TPSA) is 65.5 Å². The van der Waals surface area contributed by atoms with Gasteiger partial charge < -0.3 is 9.80 Å². The van der Waals surface area contributed by atoms with Crippen molar-refractivity contribution < 1.29 is 8.42 Å². The van der Waals surface area contributed by atoms with Crippen LogP contribution in [-0.4, -0.2) is 56.8 Å². The minimum Gasteiger partial charge on any atom is -0.355 e. The van der Waals surface area contributed by atoms with Gasteiger partial charge in [0.1, 0.15) is 0 Å². The van der Waals surface area contributed by atoms with Crippen LogP contribution in [0.4, 0.5) is 11.5 Å². The number of nitrogens with zero attached hydrogens (tertiary/aromatic N) is 3. The number of anilines is 2. The van der Waals surface area contributed by atoms with Crippen molar-refractivity contribution in [2.24, 2.45) is 0 Å². The van der Waals surface area contributed by atoms with Gasteiger partial charge in [0.05, 0.1) is 11.9 Å². The summed E-state index contributed by atoms with van der Waals surface area (Å²) >= 11 is 3.37. The lowest BCUT2D eigenvalue weighted by atomic mass is 10.00. The van der Waals surface area contributed by atoms with E-state index in [1.54, 1.807) is 12.3 Å². The maximum atomic E-state index is 11.6. The van der Waals surface area contributed by atoms with Crippen LogP contribution in [0.2, 0.25) is 0 Å². The van der Waals surface area contributed by atoms with E-state index in [-0.39, 0.29) is 0 Å². The van der Waals surface area contributed by atoms with Gasteiger partial charge in [0.15, 0.2) is 5.82 Å². The Morgan fingerprint density at radius 1 is 1.17 bits per heavy atom. The van der Waals surface area contributed by atoms with Crippen molar-refractivity contribution in [3.05, 3.63) is 16.7 Å². The highest BCUT2D eigenvalue weighted by atomic mass is 79.9. The summed E-state index contributed by atoms with van der Waals surface area (Å²) < 4.78 is 26.6. The number of piperidine rings is 2. The minimum atomic E-state index is -3.33. The van der Waals surface area contributed by atoms with Crippen molar-refractivity contribution in [3.8, 4) is 0 Å². The summed E-state index contributed by atoms with van der Waals surface area (Å²) in [6.07, 6.45) is 9.10. The fourth-order valence-electron chi connectivity index (χ4n) is 3.69. The summed E-state index contributed by atoms with van der Waals surface area (Å²) in [5, 5.41) is 0. The summed E-state index contributed by atoms with van der Waals surface area (Å²) in [5.74, 6) is 0.723. The summed E-state index contributed by atoms with van der Waals surface area (Å²) in [7, 11) is -3.33. The van der Waals surface area contributed by atoms with E-state index in [0.717, 1.165) is 36.2 Å². The molecule has 0 amide bonds. The Balaban J connectivity index is 1.69. The number of aromatic nitrogens is 1. The molecule has 0 aliphatic carbocycles. The molecule has 1 aromatic rings. The van der Waals surface area contributed by atoms with Gasteiger partial charge in [0, 0.05) is 29.8 Å². The van der Waals surface area contributed by atoms with E-state index in [1.165, 1.54) is 38.6 Å². The quantitative estimate of drug-likeness (QED) is 0.816. The maximum Gasteiger partial charge on any atom is 0.229 e. The number of pyridine rings is 1. The molecule has 2 saturated heterocycles. The average Bonchev–Trinajstić information content (AvgIpc) is 2.55. The van der Waals surface area contributed by atoms with Crippen LogP contribution < -0.4 is 9.62 Å². The lowest BCUT2D eigenvalue weighted by Gasteiger charge is -2.40. The van der Waals surface area contributed by atoms with Crippen LogP contribution in [0.15, 0.2) is 16.7 Å². The number of sulfonamides is 1. The molecule has 0 radical (unpaired) electrons. The first-order valence-corrected chi connectivity index (χ1v) is 11.2. The average molecular weight is 417 g/mol. The van der Waals surface area contributed by atoms with E-state index in [1.807, 2.05) is 0 Å². The molecule has 0 atom stereocenters. The zero-order valence-corrected chi connectivity index (χ0v) is 16.4. The molecule has 1 N–H and O–H groups in total. The van der Waals surface area contributed by atoms with Gasteiger partial charge in [-0.05, 0) is 60.8 Å². The van der Waals surface area contributed by atoms with Crippen molar-refractivity contribution in [1.82, 2.24) is 9.88 Å². The minimum absolute atomic E-state index is 0.545. The van der Waals surface area contributed by atoms with Crippen LogP contribution in [-0.2, 0) is 10.0 Å². The fourth-order valence-corrected chi connectivity index (χ4v) is 4.57. The highest BCUT2D eigenvalue weighted by molar-refractivity contribution is 9.10. The zero-order chi connectivity index (χ0) is 17.2. The molecular formula is C16H25BrN4O2S. The second-order valence-electron chi connectivity index (χ2n) is 6.71. The Hall–Kier alpha value is -0.860. The summed E-state index contributed by atoms with van der Waals surface area (Å²) in [5.41, 5.74) is 0.545. The predicted molar refractivity (Wildman–Crippen MR) is 101 cm³/mol. The van der Waals surface area contributed by atoms with E-state index in [4.69, 9.17) is 0 Å². The molecular weight excluding hydrogens is 392 g/mol. The lowest BCUT2D eigenvalue weighted by molar-refractivity contribution is 0.141. The molecule has 1 aromatic heterocycles. The third-order valence-corrected chi connectivity index (χ3v) is 5.82. The van der Waals surface area contributed by atoms with Crippen molar-refractivity contribution in [2.45, 2.75) is 38.1 Å². The van der Waals surface area contributed by atoms with Crippen LogP contribution in [0.25, 0.3) is 0 Å². The zero-order valence-electron chi connectivity index (χ0n) is 14.0. The van der Waals surface area contributed by atoms with Crippen LogP contribution >= 0.6 is 15.9 Å². The molecule has 24 heavy (non-hydrogen) atoms. The van der Waals surface area contributed by atoms with Crippen LogP contribution in [0.5, 0.6) is 0 Å². The Morgan fingerprint density at radius 3 is 2.46 bits per heavy atom. The van der Waals surface area contributed by atoms with Gasteiger partial charge >= 0.3 is 0 Å². The van der Waals surface area contributed by atoms with Crippen molar-refractivity contribution >= 4 is 37.5 Å². The predicted octanol–water partition coefficient (Wildman–Crippen LogP) is 2.67. The summed E-state index contributed by atoms with van der Waals surface area (Å²) in [6.45, 7) is 4.27. The van der Waals surface area contributed by atoms with Gasteiger partial charge in [-0.15, -0.1) is 0 Å². The van der Waals surface area contributed by atoms with Gasteiger partial charge in [-0.25, -0.2) is 13.4 Å². The number of halogens is 1. The number of hydrogen-bond donors (Lipinski definition) is 1. The first-order chi connectivity index (χ1) is 11.4. The van der Waals surface area contributed by atoms with Gasteiger partial charge in [0.25, 0.3) is 0 Å². The Labute approximate surface area is 152 Å². The highest BCUT2D eigenvalue weighted by Crippen LogP contribution is 2.30. The molecule has 0 aromatic carbocycles.